The lowest BCUT2D eigenvalue weighted by Gasteiger charge is -2.28. The molecule has 10 nitrogen and oxygen atoms in total. The number of aliphatic hydroxyl groups excluding tert-OH is 4. The summed E-state index contributed by atoms with van der Waals surface area (Å²) in [5, 5.41) is 37.7. The molecule has 0 bridgehead atoms. The zero-order valence-electron chi connectivity index (χ0n) is 13.2. The number of ether oxygens (including phenoxy) is 2. The van der Waals surface area contributed by atoms with E-state index in [9.17, 15) is 24.9 Å². The van der Waals surface area contributed by atoms with Gasteiger partial charge in [0.25, 0.3) is 0 Å². The van der Waals surface area contributed by atoms with Crippen molar-refractivity contribution in [3.05, 3.63) is 0 Å². The average Bonchev–Trinajstić information content (AvgIpc) is 2.54. The van der Waals surface area contributed by atoms with Crippen LogP contribution in [0.5, 0.6) is 0 Å². The Hall–Kier alpha value is -1.30. The van der Waals surface area contributed by atoms with Crippen LogP contribution in [0.15, 0.2) is 0 Å². The van der Waals surface area contributed by atoms with Crippen LogP contribution in [0, 0.1) is 5.92 Å². The Balaban J connectivity index is 4.87. The van der Waals surface area contributed by atoms with Gasteiger partial charge in [0.05, 0.1) is 13.2 Å². The van der Waals surface area contributed by atoms with Crippen molar-refractivity contribution < 1.29 is 39.5 Å². The first-order chi connectivity index (χ1) is 10.6. The molecule has 0 radical (unpaired) electrons. The van der Waals surface area contributed by atoms with Crippen LogP contribution in [-0.2, 0) is 19.1 Å². The molecule has 136 valence electrons. The number of hydrogen-bond donors (Lipinski definition) is 6. The van der Waals surface area contributed by atoms with Crippen molar-refractivity contribution in [1.29, 1.82) is 0 Å². The van der Waals surface area contributed by atoms with Crippen LogP contribution in [0.1, 0.15) is 13.8 Å². The molecule has 0 amide bonds. The molecule has 0 aliphatic heterocycles. The minimum atomic E-state index is -1.83. The summed E-state index contributed by atoms with van der Waals surface area (Å²) in [6, 6.07) is -0.911. The predicted octanol–water partition coefficient (Wildman–Crippen LogP) is -3.54. The highest BCUT2D eigenvalue weighted by Crippen LogP contribution is 2.11. The molecule has 0 unspecified atom stereocenters. The van der Waals surface area contributed by atoms with E-state index in [0.29, 0.717) is 0 Å². The second kappa shape index (κ2) is 10.5. The van der Waals surface area contributed by atoms with Crippen LogP contribution in [0.25, 0.3) is 0 Å². The fourth-order valence-corrected chi connectivity index (χ4v) is 1.51. The summed E-state index contributed by atoms with van der Waals surface area (Å²) in [6.45, 7) is 1.48. The van der Waals surface area contributed by atoms with Gasteiger partial charge in [-0.2, -0.15) is 0 Å². The fourth-order valence-electron chi connectivity index (χ4n) is 1.51. The highest BCUT2D eigenvalue weighted by Gasteiger charge is 2.35. The average molecular weight is 338 g/mol. The molecular formula is C13H26N2O8. The Morgan fingerprint density at radius 2 is 1.70 bits per heavy atom. The van der Waals surface area contributed by atoms with Gasteiger partial charge in [-0.15, -0.1) is 0 Å². The van der Waals surface area contributed by atoms with E-state index < -0.39 is 62.2 Å². The molecule has 0 saturated heterocycles. The Morgan fingerprint density at radius 1 is 1.13 bits per heavy atom. The Kier molecular flexibility index (Phi) is 9.88. The molecule has 8 N–H and O–H groups in total. The van der Waals surface area contributed by atoms with E-state index in [1.54, 1.807) is 13.8 Å². The number of carbonyl (C=O) groups is 2. The summed E-state index contributed by atoms with van der Waals surface area (Å²) in [7, 11) is 0. The third kappa shape index (κ3) is 7.20. The molecule has 0 fully saturated rings. The van der Waals surface area contributed by atoms with Crippen LogP contribution in [0.4, 0.5) is 0 Å². The van der Waals surface area contributed by atoms with E-state index in [0.717, 1.165) is 0 Å². The number of aliphatic hydroxyl groups is 4. The molecule has 0 aromatic rings. The first-order valence-corrected chi connectivity index (χ1v) is 7.12. The second-order valence-corrected chi connectivity index (χ2v) is 5.36. The maximum Gasteiger partial charge on any atom is 0.323 e. The molecule has 10 heteroatoms. The summed E-state index contributed by atoms with van der Waals surface area (Å²) in [5.74, 6) is -1.89. The molecule has 0 aromatic carbocycles. The standard InChI is InChI=1S/C13H26N2O8/c1-6(2)10(15)13(21)22-5-8(23-9(18)3-14)12(20)11(19)7(17)4-16/h6-8,10-12,16-17,19-20H,3-5,14-15H2,1-2H3/t7-,8+,10+,11-,12-/m1/s1. The van der Waals surface area contributed by atoms with E-state index in [4.69, 9.17) is 26.0 Å². The van der Waals surface area contributed by atoms with Crippen molar-refractivity contribution >= 4 is 11.9 Å². The normalized spacial score (nSPS) is 18.0. The first-order valence-electron chi connectivity index (χ1n) is 7.12. The predicted molar refractivity (Wildman–Crippen MR) is 77.8 cm³/mol. The summed E-state index contributed by atoms with van der Waals surface area (Å²) in [6.07, 6.45) is -6.79. The topological polar surface area (TPSA) is 186 Å². The summed E-state index contributed by atoms with van der Waals surface area (Å²) < 4.78 is 9.64. The van der Waals surface area contributed by atoms with Gasteiger partial charge in [-0.25, -0.2) is 0 Å². The number of carbonyl (C=O) groups excluding carboxylic acids is 2. The molecule has 0 aliphatic carbocycles. The van der Waals surface area contributed by atoms with Crippen molar-refractivity contribution in [3.8, 4) is 0 Å². The van der Waals surface area contributed by atoms with Crippen LogP contribution in [-0.4, -0.2) is 82.6 Å². The van der Waals surface area contributed by atoms with Crippen LogP contribution < -0.4 is 11.5 Å². The SMILES string of the molecule is CC(C)[C@H](N)C(=O)OC[C@H](OC(=O)CN)[C@@H](O)[C@H](O)[C@H](O)CO. The number of rotatable bonds is 10. The van der Waals surface area contributed by atoms with Crippen molar-refractivity contribution in [1.82, 2.24) is 0 Å². The van der Waals surface area contributed by atoms with Crippen molar-refractivity contribution in [2.45, 2.75) is 44.3 Å². The molecule has 0 rings (SSSR count). The third-order valence-electron chi connectivity index (χ3n) is 3.14. The van der Waals surface area contributed by atoms with Crippen molar-refractivity contribution in [2.75, 3.05) is 19.8 Å². The van der Waals surface area contributed by atoms with Gasteiger partial charge in [-0.3, -0.25) is 9.59 Å². The fraction of sp³-hybridized carbons (Fsp3) is 0.846. The van der Waals surface area contributed by atoms with E-state index in [2.05, 4.69) is 0 Å². The van der Waals surface area contributed by atoms with Gasteiger partial charge in [-0.1, -0.05) is 13.8 Å². The Bertz CT molecular complexity index is 379. The van der Waals surface area contributed by atoms with Crippen LogP contribution >= 0.6 is 0 Å². The van der Waals surface area contributed by atoms with Gasteiger partial charge in [0.2, 0.25) is 0 Å². The lowest BCUT2D eigenvalue weighted by atomic mass is 10.0. The highest BCUT2D eigenvalue weighted by molar-refractivity contribution is 5.75. The van der Waals surface area contributed by atoms with Gasteiger partial charge in [-0.05, 0) is 5.92 Å². The first kappa shape index (κ1) is 21.7. The summed E-state index contributed by atoms with van der Waals surface area (Å²) in [4.78, 5) is 22.9. The highest BCUT2D eigenvalue weighted by atomic mass is 16.6. The molecule has 0 heterocycles. The molecule has 5 atom stereocenters. The number of nitrogens with two attached hydrogens (primary N) is 2. The smallest absolute Gasteiger partial charge is 0.323 e. The zero-order valence-corrected chi connectivity index (χ0v) is 13.2. The lowest BCUT2D eigenvalue weighted by molar-refractivity contribution is -0.177. The van der Waals surface area contributed by atoms with E-state index >= 15 is 0 Å². The van der Waals surface area contributed by atoms with Crippen molar-refractivity contribution in [3.63, 3.8) is 0 Å². The quantitative estimate of drug-likeness (QED) is 0.218. The second-order valence-electron chi connectivity index (χ2n) is 5.36. The van der Waals surface area contributed by atoms with Gasteiger partial charge in [0.15, 0.2) is 6.10 Å². The third-order valence-corrected chi connectivity index (χ3v) is 3.14. The molecule has 0 saturated carbocycles. The number of esters is 2. The lowest BCUT2D eigenvalue weighted by Crippen LogP contribution is -2.50. The van der Waals surface area contributed by atoms with Gasteiger partial charge in [0.1, 0.15) is 31.0 Å². The Labute approximate surface area is 134 Å². The number of hydrogen-bond acceptors (Lipinski definition) is 10. The zero-order chi connectivity index (χ0) is 18.2. The van der Waals surface area contributed by atoms with E-state index in [-0.39, 0.29) is 5.92 Å². The Morgan fingerprint density at radius 3 is 2.13 bits per heavy atom. The van der Waals surface area contributed by atoms with E-state index in [1.165, 1.54) is 0 Å². The molecule has 0 aromatic heterocycles. The summed E-state index contributed by atoms with van der Waals surface area (Å²) >= 11 is 0. The summed E-state index contributed by atoms with van der Waals surface area (Å²) in [5.41, 5.74) is 10.7. The van der Waals surface area contributed by atoms with Gasteiger partial charge in [0, 0.05) is 0 Å². The van der Waals surface area contributed by atoms with Crippen molar-refractivity contribution in [2.24, 2.45) is 17.4 Å². The monoisotopic (exact) mass is 338 g/mol. The largest absolute Gasteiger partial charge is 0.460 e. The van der Waals surface area contributed by atoms with Gasteiger partial charge >= 0.3 is 11.9 Å². The molecule has 0 aliphatic rings. The molecular weight excluding hydrogens is 312 g/mol. The van der Waals surface area contributed by atoms with Crippen LogP contribution in [0.3, 0.4) is 0 Å². The maximum atomic E-state index is 11.7. The van der Waals surface area contributed by atoms with Crippen LogP contribution in [0.2, 0.25) is 0 Å². The molecule has 0 spiro atoms. The minimum absolute atomic E-state index is 0.195. The minimum Gasteiger partial charge on any atom is -0.460 e. The van der Waals surface area contributed by atoms with Gasteiger partial charge < -0.3 is 41.4 Å². The molecule has 23 heavy (non-hydrogen) atoms. The van der Waals surface area contributed by atoms with E-state index in [1.807, 2.05) is 0 Å². The maximum absolute atomic E-state index is 11.7.